The first-order valence-electron chi connectivity index (χ1n) is 6.74. The molecule has 0 radical (unpaired) electrons. The van der Waals surface area contributed by atoms with Crippen molar-refractivity contribution in [2.75, 3.05) is 11.5 Å². The molecule has 0 spiro atoms. The highest BCUT2D eigenvalue weighted by molar-refractivity contribution is 7.99. The molecular weight excluding hydrogens is 304 g/mol. The Balaban J connectivity index is 2.28. The maximum atomic E-state index is 12.3. The van der Waals surface area contributed by atoms with Crippen LogP contribution in [-0.2, 0) is 6.54 Å². The Morgan fingerprint density at radius 3 is 2.82 bits per heavy atom. The second kappa shape index (κ2) is 7.08. The summed E-state index contributed by atoms with van der Waals surface area (Å²) in [6.45, 7) is 2.21. The number of carbonyl (C=O) groups excluding carboxylic acids is 1. The van der Waals surface area contributed by atoms with Crippen LogP contribution in [-0.4, -0.2) is 26.1 Å². The predicted octanol–water partition coefficient (Wildman–Crippen LogP) is 0.899. The fourth-order valence-corrected chi connectivity index (χ4v) is 2.68. The van der Waals surface area contributed by atoms with Crippen molar-refractivity contribution in [3.63, 3.8) is 0 Å². The van der Waals surface area contributed by atoms with Crippen molar-refractivity contribution in [1.82, 2.24) is 14.5 Å². The Morgan fingerprint density at radius 2 is 2.18 bits per heavy atom. The lowest BCUT2D eigenvalue weighted by molar-refractivity contribution is 0.102. The fraction of sp³-hybridized carbons (Fsp3) is 0.286. The number of Topliss-reactive ketones (excluding diaryl/α,β-unsaturated/α-hetero) is 1. The number of aromatic nitrogens is 3. The van der Waals surface area contributed by atoms with Crippen LogP contribution < -0.4 is 17.0 Å². The number of aromatic amines is 1. The van der Waals surface area contributed by atoms with Gasteiger partial charge in [-0.25, -0.2) is 9.78 Å². The quantitative estimate of drug-likeness (QED) is 0.604. The minimum atomic E-state index is -0.749. The second-order valence-corrected chi connectivity index (χ2v) is 5.55. The highest BCUT2D eigenvalue weighted by Crippen LogP contribution is 2.16. The summed E-state index contributed by atoms with van der Waals surface area (Å²) in [6, 6.07) is 5.35. The number of rotatable bonds is 6. The van der Waals surface area contributed by atoms with Crippen molar-refractivity contribution in [1.29, 1.82) is 0 Å². The lowest BCUT2D eigenvalue weighted by Crippen LogP contribution is -2.36. The van der Waals surface area contributed by atoms with Crippen LogP contribution in [0.4, 0.5) is 5.82 Å². The summed E-state index contributed by atoms with van der Waals surface area (Å²) < 4.78 is 1.21. The van der Waals surface area contributed by atoms with Crippen molar-refractivity contribution in [3.8, 4) is 0 Å². The second-order valence-electron chi connectivity index (χ2n) is 4.55. The van der Waals surface area contributed by atoms with Gasteiger partial charge >= 0.3 is 5.69 Å². The van der Waals surface area contributed by atoms with Gasteiger partial charge in [0.2, 0.25) is 0 Å². The first-order chi connectivity index (χ1) is 10.5. The Bertz CT molecular complexity index is 783. The summed E-state index contributed by atoms with van der Waals surface area (Å²) in [5.41, 5.74) is 4.32. The molecule has 0 saturated carbocycles. The summed E-state index contributed by atoms with van der Waals surface area (Å²) in [5, 5.41) is 0.674. The van der Waals surface area contributed by atoms with Gasteiger partial charge in [0.1, 0.15) is 11.4 Å². The van der Waals surface area contributed by atoms with E-state index in [0.29, 0.717) is 18.0 Å². The van der Waals surface area contributed by atoms with Crippen LogP contribution in [0.25, 0.3) is 0 Å². The standard InChI is InChI=1S/C14H16N4O3S/c1-2-7-18-12(15)11(13(20)17-14(18)21)9(19)8-22-10-5-3-4-6-16-10/h3-6H,2,7-8,15H2,1H3,(H,17,20,21). The summed E-state index contributed by atoms with van der Waals surface area (Å²) in [5.74, 6) is -0.490. The van der Waals surface area contributed by atoms with Crippen molar-refractivity contribution in [2.45, 2.75) is 24.9 Å². The van der Waals surface area contributed by atoms with E-state index in [2.05, 4.69) is 9.97 Å². The first kappa shape index (κ1) is 16.0. The van der Waals surface area contributed by atoms with Crippen LogP contribution in [0.1, 0.15) is 23.7 Å². The maximum absolute atomic E-state index is 12.3. The van der Waals surface area contributed by atoms with Crippen LogP contribution in [0.5, 0.6) is 0 Å². The SMILES string of the molecule is CCCn1c(N)c(C(=O)CSc2ccccn2)c(=O)[nH]c1=O. The van der Waals surface area contributed by atoms with E-state index in [-0.39, 0.29) is 17.1 Å². The van der Waals surface area contributed by atoms with Gasteiger partial charge in [-0.05, 0) is 18.6 Å². The zero-order chi connectivity index (χ0) is 16.1. The van der Waals surface area contributed by atoms with E-state index in [0.717, 1.165) is 0 Å². The monoisotopic (exact) mass is 320 g/mol. The van der Waals surface area contributed by atoms with Gasteiger partial charge in [-0.1, -0.05) is 24.8 Å². The smallest absolute Gasteiger partial charge is 0.329 e. The van der Waals surface area contributed by atoms with Crippen LogP contribution >= 0.6 is 11.8 Å². The van der Waals surface area contributed by atoms with Crippen molar-refractivity contribution >= 4 is 23.4 Å². The van der Waals surface area contributed by atoms with Gasteiger partial charge in [0.25, 0.3) is 5.56 Å². The van der Waals surface area contributed by atoms with Crippen LogP contribution in [0.2, 0.25) is 0 Å². The zero-order valence-electron chi connectivity index (χ0n) is 12.0. The molecule has 0 aliphatic rings. The molecule has 2 aromatic heterocycles. The number of nitrogens with one attached hydrogen (secondary N) is 1. The van der Waals surface area contributed by atoms with Gasteiger partial charge in [0.15, 0.2) is 5.78 Å². The van der Waals surface area contributed by atoms with Gasteiger partial charge in [0, 0.05) is 12.7 Å². The van der Waals surface area contributed by atoms with Gasteiger partial charge in [0.05, 0.1) is 10.8 Å². The number of nitrogens with two attached hydrogens (primary N) is 1. The van der Waals surface area contributed by atoms with E-state index in [1.54, 1.807) is 18.3 Å². The Morgan fingerprint density at radius 1 is 1.41 bits per heavy atom. The van der Waals surface area contributed by atoms with Crippen molar-refractivity contribution in [3.05, 3.63) is 50.8 Å². The molecule has 0 fully saturated rings. The normalized spacial score (nSPS) is 10.6. The number of H-pyrrole nitrogens is 1. The number of ketones is 1. The molecule has 22 heavy (non-hydrogen) atoms. The molecule has 2 heterocycles. The lowest BCUT2D eigenvalue weighted by atomic mass is 10.2. The molecule has 7 nitrogen and oxygen atoms in total. The van der Waals surface area contributed by atoms with E-state index < -0.39 is 17.0 Å². The third-order valence-corrected chi connectivity index (χ3v) is 3.90. The molecule has 0 aromatic carbocycles. The van der Waals surface area contributed by atoms with Crippen molar-refractivity contribution < 1.29 is 4.79 Å². The lowest BCUT2D eigenvalue weighted by Gasteiger charge is -2.10. The Kier molecular flexibility index (Phi) is 5.16. The van der Waals surface area contributed by atoms with Gasteiger partial charge < -0.3 is 5.73 Å². The summed E-state index contributed by atoms with van der Waals surface area (Å²) >= 11 is 1.21. The minimum Gasteiger partial charge on any atom is -0.384 e. The van der Waals surface area contributed by atoms with Crippen molar-refractivity contribution in [2.24, 2.45) is 0 Å². The number of thioether (sulfide) groups is 1. The zero-order valence-corrected chi connectivity index (χ0v) is 12.9. The molecule has 0 saturated heterocycles. The molecule has 8 heteroatoms. The van der Waals surface area contributed by atoms with Gasteiger partial charge in [-0.3, -0.25) is 19.1 Å². The average molecular weight is 320 g/mol. The number of nitrogen functional groups attached to an aromatic ring is 1. The predicted molar refractivity (Wildman–Crippen MR) is 85.3 cm³/mol. The number of hydrogen-bond acceptors (Lipinski definition) is 6. The summed E-state index contributed by atoms with van der Waals surface area (Å²) in [6.07, 6.45) is 2.28. The number of hydrogen-bond donors (Lipinski definition) is 2. The number of pyridine rings is 1. The fourth-order valence-electron chi connectivity index (χ4n) is 1.95. The molecule has 0 aliphatic heterocycles. The molecule has 0 bridgehead atoms. The topological polar surface area (TPSA) is 111 Å². The van der Waals surface area contributed by atoms with E-state index in [9.17, 15) is 14.4 Å². The molecule has 2 rings (SSSR count). The Hall–Kier alpha value is -2.35. The van der Waals surface area contributed by atoms with Crippen LogP contribution in [0.3, 0.4) is 0 Å². The van der Waals surface area contributed by atoms with Crippen LogP contribution in [0.15, 0.2) is 39.0 Å². The molecule has 0 amide bonds. The molecule has 0 atom stereocenters. The Labute approximate surface area is 130 Å². The molecule has 0 unspecified atom stereocenters. The van der Waals surface area contributed by atoms with Gasteiger partial charge in [-0.2, -0.15) is 0 Å². The van der Waals surface area contributed by atoms with Gasteiger partial charge in [-0.15, -0.1) is 0 Å². The first-order valence-corrected chi connectivity index (χ1v) is 7.72. The third kappa shape index (κ3) is 3.45. The summed E-state index contributed by atoms with van der Waals surface area (Å²) in [4.78, 5) is 42.1. The molecule has 2 aromatic rings. The summed E-state index contributed by atoms with van der Waals surface area (Å²) in [7, 11) is 0. The highest BCUT2D eigenvalue weighted by atomic mass is 32.2. The number of anilines is 1. The molecule has 3 N–H and O–H groups in total. The van der Waals surface area contributed by atoms with E-state index in [4.69, 9.17) is 5.73 Å². The minimum absolute atomic E-state index is 0.0224. The third-order valence-electron chi connectivity index (χ3n) is 2.95. The highest BCUT2D eigenvalue weighted by Gasteiger charge is 2.19. The molecular formula is C14H16N4O3S. The average Bonchev–Trinajstić information content (AvgIpc) is 2.50. The number of nitrogens with zero attached hydrogens (tertiary/aromatic N) is 2. The maximum Gasteiger partial charge on any atom is 0.329 e. The number of carbonyl (C=O) groups is 1. The molecule has 0 aliphatic carbocycles. The molecule has 116 valence electrons. The van der Waals surface area contributed by atoms with E-state index >= 15 is 0 Å². The largest absolute Gasteiger partial charge is 0.384 e. The van der Waals surface area contributed by atoms with E-state index in [1.165, 1.54) is 16.3 Å². The van der Waals surface area contributed by atoms with E-state index in [1.807, 2.05) is 13.0 Å². The van der Waals surface area contributed by atoms with Crippen LogP contribution in [0, 0.1) is 0 Å².